The standard InChI is InChI=1S/C28H24N6O2.C28H22N6O.CH2O3.CH4.2K.H/c1-16-8-21-10-18(12-24(27(30)35)25(21)33-14-16)11-22-13-20(5-6-31-22)28(36)34-15-17-2-3-23-19(9-17)4-7-32-26(23)29;1-17-8-22-10-19(11-23(14-29)26(22)33-15-17)12-24-13-21(5-6-31-24)28(35)34-16-18-2-3-25-20(9-18)4-7-32-27(25)30;2-1-4-3;;;;/h2-10,12-14H,11,15H2,1H3,(H2,29,32)(H2,30,35)(H,34,36);2-11,13,15H,12,16H2,1H3,(H2,30,32)(H,34,35);1,3H;1H4;;;/q;;;;2*+1;-1/p-1. The topological polar surface area (TPSA) is 304 Å². The van der Waals surface area contributed by atoms with E-state index in [2.05, 4.69) is 51.5 Å². The number of hydrogen-bond donors (Lipinski definition) is 5. The molecule has 4 aromatic carbocycles. The summed E-state index contributed by atoms with van der Waals surface area (Å²) in [5.41, 5.74) is 27.8. The molecule has 0 fully saturated rings. The predicted octanol–water partition coefficient (Wildman–Crippen LogP) is 1.34. The summed E-state index contributed by atoms with van der Waals surface area (Å²) in [6.45, 7) is 4.49. The SMILES string of the molecule is C.Cc1cnc2c(C#N)cc(Cc3cc(C(=O)NCc4ccc5c(N)nccc5c4)ccn3)cc2c1.Cc1cnc2c(C(N)=O)cc(Cc3cc(C(=O)NCc4ccc5c(N)nccc5c4)ccn3)cc2c1.O=CO[O-].[H-].[K+].[K+]. The number of pyridine rings is 6. The molecule has 0 aliphatic heterocycles. The van der Waals surface area contributed by atoms with Gasteiger partial charge in [0.05, 0.1) is 22.2 Å². The van der Waals surface area contributed by atoms with Crippen LogP contribution in [-0.4, -0.2) is 54.1 Å². The number of aryl methyl sites for hydroxylation is 2. The van der Waals surface area contributed by atoms with Crippen LogP contribution in [-0.2, 0) is 35.6 Å². The van der Waals surface area contributed by atoms with Crippen molar-refractivity contribution in [2.24, 2.45) is 5.73 Å². The molecular formula is C58H52K2N12O6. The van der Waals surface area contributed by atoms with Gasteiger partial charge in [-0.05, 0) is 143 Å². The Morgan fingerprint density at radius 1 is 0.603 bits per heavy atom. The number of nitrogens with two attached hydrogens (primary N) is 3. The number of primary amides is 1. The number of rotatable bonds is 12. The van der Waals surface area contributed by atoms with Crippen molar-refractivity contribution >= 4 is 79.2 Å². The van der Waals surface area contributed by atoms with Gasteiger partial charge < -0.3 is 39.4 Å². The van der Waals surface area contributed by atoms with Crippen molar-refractivity contribution in [2.45, 2.75) is 47.2 Å². The fourth-order valence-electron chi connectivity index (χ4n) is 8.46. The first-order valence-electron chi connectivity index (χ1n) is 23.2. The fraction of sp³-hybridized carbons (Fsp3) is 0.121. The number of nitrogens with one attached hydrogen (secondary N) is 2. The minimum atomic E-state index is -0.535. The van der Waals surface area contributed by atoms with Gasteiger partial charge >= 0.3 is 103 Å². The molecular weight excluding hydrogens is 1040 g/mol. The normalized spacial score (nSPS) is 10.2. The number of nitrogen functional groups attached to an aromatic ring is 2. The molecule has 20 heteroatoms. The molecule has 18 nitrogen and oxygen atoms in total. The van der Waals surface area contributed by atoms with Gasteiger partial charge in [0.1, 0.15) is 17.7 Å². The molecule has 0 saturated heterocycles. The molecule has 6 aromatic heterocycles. The molecule has 382 valence electrons. The Hall–Kier alpha value is -6.98. The van der Waals surface area contributed by atoms with Gasteiger partial charge in [0, 0.05) is 107 Å². The fourth-order valence-corrected chi connectivity index (χ4v) is 8.46. The van der Waals surface area contributed by atoms with Gasteiger partial charge in [-0.25, -0.2) is 9.97 Å². The summed E-state index contributed by atoms with van der Waals surface area (Å²) in [5.74, 6) is 0.0467. The average molecular weight is 1090 g/mol. The van der Waals surface area contributed by atoms with E-state index in [1.807, 2.05) is 92.7 Å². The molecule has 0 radical (unpaired) electrons. The second kappa shape index (κ2) is 29.1. The number of nitriles is 1. The maximum Gasteiger partial charge on any atom is 1.00 e. The number of anilines is 2. The smallest absolute Gasteiger partial charge is 1.00 e. The number of carbonyl (C=O) groups is 4. The monoisotopic (exact) mass is 1090 g/mol. The van der Waals surface area contributed by atoms with Gasteiger partial charge in [-0.15, -0.1) is 0 Å². The summed E-state index contributed by atoms with van der Waals surface area (Å²) in [4.78, 5) is 74.8. The van der Waals surface area contributed by atoms with Crippen LogP contribution in [0.15, 0.2) is 146 Å². The first-order chi connectivity index (χ1) is 36.3. The molecule has 0 atom stereocenters. The molecule has 0 bridgehead atoms. The number of carbonyl (C=O) groups excluding carboxylic acids is 4. The predicted molar refractivity (Wildman–Crippen MR) is 290 cm³/mol. The Labute approximate surface area is 535 Å². The van der Waals surface area contributed by atoms with E-state index in [1.165, 1.54) is 0 Å². The van der Waals surface area contributed by atoms with Crippen LogP contribution < -0.4 is 136 Å². The molecule has 0 spiro atoms. The van der Waals surface area contributed by atoms with E-state index in [4.69, 9.17) is 27.3 Å². The Morgan fingerprint density at radius 3 is 1.50 bits per heavy atom. The zero-order chi connectivity index (χ0) is 53.0. The van der Waals surface area contributed by atoms with Crippen LogP contribution in [0.1, 0.15) is 90.3 Å². The van der Waals surface area contributed by atoms with Crippen molar-refractivity contribution in [1.29, 1.82) is 5.26 Å². The Morgan fingerprint density at radius 2 is 1.04 bits per heavy atom. The zero-order valence-electron chi connectivity index (χ0n) is 43.6. The summed E-state index contributed by atoms with van der Waals surface area (Å²) in [6, 6.07) is 36.1. The van der Waals surface area contributed by atoms with Crippen LogP contribution >= 0.6 is 0 Å². The van der Waals surface area contributed by atoms with Crippen molar-refractivity contribution in [3.05, 3.63) is 213 Å². The number of aromatic nitrogens is 6. The third-order valence-electron chi connectivity index (χ3n) is 11.9. The van der Waals surface area contributed by atoms with E-state index in [9.17, 15) is 19.6 Å². The third-order valence-corrected chi connectivity index (χ3v) is 11.9. The van der Waals surface area contributed by atoms with Crippen molar-refractivity contribution < 1.29 is 134 Å². The van der Waals surface area contributed by atoms with Crippen LogP contribution in [0.4, 0.5) is 11.6 Å². The zero-order valence-corrected chi connectivity index (χ0v) is 48.8. The van der Waals surface area contributed by atoms with Crippen LogP contribution in [0, 0.1) is 25.2 Å². The maximum absolute atomic E-state index is 12.9. The van der Waals surface area contributed by atoms with Gasteiger partial charge in [-0.3, -0.25) is 39.1 Å². The molecule has 10 rings (SSSR count). The first kappa shape index (κ1) is 61.9. The molecule has 0 aliphatic rings. The van der Waals surface area contributed by atoms with Gasteiger partial charge in [-0.1, -0.05) is 31.7 Å². The van der Waals surface area contributed by atoms with Gasteiger partial charge in [-0.2, -0.15) is 5.26 Å². The second-order valence-electron chi connectivity index (χ2n) is 17.4. The molecule has 0 unspecified atom stereocenters. The van der Waals surface area contributed by atoms with Crippen LogP contribution in [0.5, 0.6) is 0 Å². The molecule has 6 heterocycles. The number of hydrogen-bond acceptors (Lipinski definition) is 15. The summed E-state index contributed by atoms with van der Waals surface area (Å²) in [6.07, 6.45) is 11.0. The summed E-state index contributed by atoms with van der Waals surface area (Å²) in [5, 5.41) is 29.4. The molecule has 0 aliphatic carbocycles. The number of amides is 3. The van der Waals surface area contributed by atoms with Gasteiger partial charge in [0.2, 0.25) is 0 Å². The average Bonchev–Trinajstić information content (AvgIpc) is 3.41. The molecule has 8 N–H and O–H groups in total. The van der Waals surface area contributed by atoms with E-state index in [0.717, 1.165) is 71.4 Å². The first-order valence-corrected chi connectivity index (χ1v) is 23.2. The van der Waals surface area contributed by atoms with E-state index < -0.39 is 5.91 Å². The van der Waals surface area contributed by atoms with E-state index in [1.54, 1.807) is 67.5 Å². The maximum atomic E-state index is 12.9. The van der Waals surface area contributed by atoms with E-state index in [-0.39, 0.29) is 130 Å². The van der Waals surface area contributed by atoms with Crippen LogP contribution in [0.25, 0.3) is 43.4 Å². The minimum Gasteiger partial charge on any atom is -1.00 e. The Bertz CT molecular complexity index is 3880. The molecule has 78 heavy (non-hydrogen) atoms. The third kappa shape index (κ3) is 15.8. The van der Waals surface area contributed by atoms with Crippen LogP contribution in [0.2, 0.25) is 0 Å². The van der Waals surface area contributed by atoms with Crippen molar-refractivity contribution in [2.75, 3.05) is 11.5 Å². The van der Waals surface area contributed by atoms with Gasteiger partial charge in [0.25, 0.3) is 24.2 Å². The molecule has 10 aromatic rings. The second-order valence-corrected chi connectivity index (χ2v) is 17.4. The number of fused-ring (bicyclic) bond motifs is 4. The van der Waals surface area contributed by atoms with E-state index >= 15 is 0 Å². The van der Waals surface area contributed by atoms with Crippen molar-refractivity contribution in [1.82, 2.24) is 40.5 Å². The van der Waals surface area contributed by atoms with Crippen molar-refractivity contribution in [3.8, 4) is 6.07 Å². The number of benzene rings is 4. The minimum absolute atomic E-state index is 0. The summed E-state index contributed by atoms with van der Waals surface area (Å²) < 4.78 is 0. The van der Waals surface area contributed by atoms with Gasteiger partial charge in [0.15, 0.2) is 0 Å². The molecule has 3 amide bonds. The Kier molecular flexibility index (Phi) is 23.1. The Balaban J connectivity index is 0.000000304. The molecule has 0 saturated carbocycles. The van der Waals surface area contributed by atoms with E-state index in [0.29, 0.717) is 76.5 Å². The summed E-state index contributed by atoms with van der Waals surface area (Å²) >= 11 is 0. The van der Waals surface area contributed by atoms with Crippen molar-refractivity contribution in [3.63, 3.8) is 0 Å². The number of nitrogens with zero attached hydrogens (tertiary/aromatic N) is 7. The summed E-state index contributed by atoms with van der Waals surface area (Å²) in [7, 11) is 0. The quantitative estimate of drug-likeness (QED) is 0.0499. The van der Waals surface area contributed by atoms with Crippen LogP contribution in [0.3, 0.4) is 0 Å². The largest absolute Gasteiger partial charge is 1.00 e.